The van der Waals surface area contributed by atoms with E-state index < -0.39 is 0 Å². The second kappa shape index (κ2) is 6.53. The molecule has 0 saturated heterocycles. The van der Waals surface area contributed by atoms with Crippen LogP contribution < -0.4 is 0 Å². The van der Waals surface area contributed by atoms with Gasteiger partial charge in [0.05, 0.1) is 0 Å². The lowest BCUT2D eigenvalue weighted by molar-refractivity contribution is -0.116. The first kappa shape index (κ1) is 10.8. The Labute approximate surface area is 73.6 Å². The van der Waals surface area contributed by atoms with E-state index >= 15 is 0 Å². The largest absolute Gasteiger partial charge is 0.300 e. The molecule has 1 rings (SSSR count). The number of hydrogen-bond acceptors (Lipinski definition) is 2. The molecule has 0 saturated carbocycles. The van der Waals surface area contributed by atoms with Crippen molar-refractivity contribution < 1.29 is 4.79 Å². The number of aromatic nitrogens is 1. The van der Waals surface area contributed by atoms with E-state index in [4.69, 9.17) is 0 Å². The maximum absolute atomic E-state index is 10.6. The minimum atomic E-state index is 0.152. The number of carbonyl (C=O) groups excluding carboxylic acids is 1. The lowest BCUT2D eigenvalue weighted by Gasteiger charge is -1.92. The third-order valence-electron chi connectivity index (χ3n) is 1.16. The molecule has 0 radical (unpaired) electrons. The quantitative estimate of drug-likeness (QED) is 0.672. The van der Waals surface area contributed by atoms with Gasteiger partial charge in [0.2, 0.25) is 0 Å². The number of hydrogen-bond donors (Lipinski definition) is 0. The number of ketones is 1. The molecule has 0 fully saturated rings. The highest BCUT2D eigenvalue weighted by molar-refractivity contribution is 5.77. The number of carbonyl (C=O) groups is 1. The van der Waals surface area contributed by atoms with Gasteiger partial charge in [-0.3, -0.25) is 9.78 Å². The normalized spacial score (nSPS) is 8.25. The summed E-state index contributed by atoms with van der Waals surface area (Å²) in [4.78, 5) is 14.6. The fourth-order valence-electron chi connectivity index (χ4n) is 0.758. The van der Waals surface area contributed by atoms with Crippen LogP contribution in [0.1, 0.15) is 26.5 Å². The molecular weight excluding hydrogens is 150 g/mol. The summed E-state index contributed by atoms with van der Waals surface area (Å²) in [5, 5.41) is 0. The molecule has 0 aliphatic rings. The highest BCUT2D eigenvalue weighted by atomic mass is 16.1. The lowest BCUT2D eigenvalue weighted by atomic mass is 10.2. The van der Waals surface area contributed by atoms with Gasteiger partial charge in [0.1, 0.15) is 5.78 Å². The SMILES string of the molecule is CC.CC(=O)Cc1ccccn1. The molecule has 1 heterocycles. The van der Waals surface area contributed by atoms with Crippen molar-refractivity contribution in [3.63, 3.8) is 0 Å². The predicted molar refractivity (Wildman–Crippen MR) is 50.0 cm³/mol. The van der Waals surface area contributed by atoms with Crippen LogP contribution >= 0.6 is 0 Å². The Bertz CT molecular complexity index is 219. The summed E-state index contributed by atoms with van der Waals surface area (Å²) in [6.45, 7) is 5.56. The fraction of sp³-hybridized carbons (Fsp3) is 0.400. The van der Waals surface area contributed by atoms with E-state index in [9.17, 15) is 4.79 Å². The number of Topliss-reactive ketones (excluding diaryl/α,β-unsaturated/α-hetero) is 1. The van der Waals surface area contributed by atoms with E-state index in [1.807, 2.05) is 32.0 Å². The van der Waals surface area contributed by atoms with Gasteiger partial charge in [0.15, 0.2) is 0 Å². The Morgan fingerprint density at radius 1 is 1.42 bits per heavy atom. The van der Waals surface area contributed by atoms with Crippen LogP contribution in [-0.4, -0.2) is 10.8 Å². The van der Waals surface area contributed by atoms with E-state index in [0.29, 0.717) is 6.42 Å². The van der Waals surface area contributed by atoms with Crippen molar-refractivity contribution in [1.29, 1.82) is 0 Å². The van der Waals surface area contributed by atoms with E-state index in [1.54, 1.807) is 13.1 Å². The van der Waals surface area contributed by atoms with Gasteiger partial charge >= 0.3 is 0 Å². The third-order valence-corrected chi connectivity index (χ3v) is 1.16. The number of nitrogens with zero attached hydrogens (tertiary/aromatic N) is 1. The molecule has 0 aliphatic carbocycles. The van der Waals surface area contributed by atoms with Crippen LogP contribution in [0.25, 0.3) is 0 Å². The van der Waals surface area contributed by atoms with Crippen LogP contribution in [0.15, 0.2) is 24.4 Å². The molecule has 1 aromatic heterocycles. The summed E-state index contributed by atoms with van der Waals surface area (Å²) in [6.07, 6.45) is 2.14. The average Bonchev–Trinajstić information content (AvgIpc) is 2.08. The van der Waals surface area contributed by atoms with Crippen molar-refractivity contribution in [2.45, 2.75) is 27.2 Å². The lowest BCUT2D eigenvalue weighted by Crippen LogP contribution is -1.97. The monoisotopic (exact) mass is 165 g/mol. The number of pyridine rings is 1. The molecule has 0 atom stereocenters. The first-order valence-electron chi connectivity index (χ1n) is 4.18. The zero-order valence-corrected chi connectivity index (χ0v) is 7.87. The molecule has 0 spiro atoms. The Balaban J connectivity index is 0.000000561. The molecule has 66 valence electrons. The average molecular weight is 165 g/mol. The Morgan fingerprint density at radius 2 is 2.08 bits per heavy atom. The van der Waals surface area contributed by atoms with E-state index in [-0.39, 0.29) is 5.78 Å². The van der Waals surface area contributed by atoms with Gasteiger partial charge in [-0.25, -0.2) is 0 Å². The van der Waals surface area contributed by atoms with Crippen molar-refractivity contribution in [1.82, 2.24) is 4.98 Å². The third kappa shape index (κ3) is 4.61. The fourth-order valence-corrected chi connectivity index (χ4v) is 0.758. The molecule has 0 bridgehead atoms. The molecule has 0 aromatic carbocycles. The maximum atomic E-state index is 10.6. The second-order valence-corrected chi connectivity index (χ2v) is 2.20. The van der Waals surface area contributed by atoms with E-state index in [2.05, 4.69) is 4.98 Å². The van der Waals surface area contributed by atoms with Gasteiger partial charge in [-0.05, 0) is 19.1 Å². The van der Waals surface area contributed by atoms with E-state index in [0.717, 1.165) is 5.69 Å². The van der Waals surface area contributed by atoms with Crippen LogP contribution in [0, 0.1) is 0 Å². The van der Waals surface area contributed by atoms with Crippen LogP contribution in [0.4, 0.5) is 0 Å². The number of rotatable bonds is 2. The maximum Gasteiger partial charge on any atom is 0.135 e. The Morgan fingerprint density at radius 3 is 2.50 bits per heavy atom. The van der Waals surface area contributed by atoms with Crippen LogP contribution in [0.3, 0.4) is 0 Å². The summed E-state index contributed by atoms with van der Waals surface area (Å²) < 4.78 is 0. The molecule has 1 aromatic rings. The highest BCUT2D eigenvalue weighted by Crippen LogP contribution is 1.94. The van der Waals surface area contributed by atoms with Crippen molar-refractivity contribution >= 4 is 5.78 Å². The van der Waals surface area contributed by atoms with E-state index in [1.165, 1.54) is 0 Å². The predicted octanol–water partition coefficient (Wildman–Crippen LogP) is 2.24. The van der Waals surface area contributed by atoms with Crippen LogP contribution in [0.2, 0.25) is 0 Å². The summed E-state index contributed by atoms with van der Waals surface area (Å²) in [5.41, 5.74) is 0.843. The summed E-state index contributed by atoms with van der Waals surface area (Å²) in [5.74, 6) is 0.152. The molecule has 12 heavy (non-hydrogen) atoms. The zero-order valence-electron chi connectivity index (χ0n) is 7.87. The van der Waals surface area contributed by atoms with Crippen molar-refractivity contribution in [2.75, 3.05) is 0 Å². The Hall–Kier alpha value is -1.18. The van der Waals surface area contributed by atoms with Crippen molar-refractivity contribution in [3.05, 3.63) is 30.1 Å². The first-order valence-corrected chi connectivity index (χ1v) is 4.18. The summed E-state index contributed by atoms with van der Waals surface area (Å²) >= 11 is 0. The second-order valence-electron chi connectivity index (χ2n) is 2.20. The highest BCUT2D eigenvalue weighted by Gasteiger charge is 1.95. The molecule has 0 unspecified atom stereocenters. The van der Waals surface area contributed by atoms with Crippen molar-refractivity contribution in [2.24, 2.45) is 0 Å². The smallest absolute Gasteiger partial charge is 0.135 e. The molecule has 2 heteroatoms. The minimum Gasteiger partial charge on any atom is -0.300 e. The van der Waals surface area contributed by atoms with Crippen LogP contribution in [-0.2, 0) is 11.2 Å². The van der Waals surface area contributed by atoms with Gasteiger partial charge in [-0.15, -0.1) is 0 Å². The van der Waals surface area contributed by atoms with Gasteiger partial charge < -0.3 is 0 Å². The topological polar surface area (TPSA) is 30.0 Å². The van der Waals surface area contributed by atoms with Crippen LogP contribution in [0.5, 0.6) is 0 Å². The summed E-state index contributed by atoms with van der Waals surface area (Å²) in [6, 6.07) is 5.57. The minimum absolute atomic E-state index is 0.152. The standard InChI is InChI=1S/C8H9NO.C2H6/c1-7(10)6-8-4-2-3-5-9-8;1-2/h2-5H,6H2,1H3;1-2H3. The van der Waals surface area contributed by atoms with Gasteiger partial charge in [0.25, 0.3) is 0 Å². The first-order chi connectivity index (χ1) is 5.79. The zero-order chi connectivity index (χ0) is 9.40. The van der Waals surface area contributed by atoms with Gasteiger partial charge in [-0.1, -0.05) is 19.9 Å². The Kier molecular flexibility index (Phi) is 5.88. The van der Waals surface area contributed by atoms with Gasteiger partial charge in [-0.2, -0.15) is 0 Å². The van der Waals surface area contributed by atoms with Gasteiger partial charge in [0, 0.05) is 18.3 Å². The molecule has 2 nitrogen and oxygen atoms in total. The molecule has 0 amide bonds. The molecule has 0 N–H and O–H groups in total. The molecule has 0 aliphatic heterocycles. The molecular formula is C10H15NO. The summed E-state index contributed by atoms with van der Waals surface area (Å²) in [7, 11) is 0. The van der Waals surface area contributed by atoms with Crippen molar-refractivity contribution in [3.8, 4) is 0 Å².